The lowest BCUT2D eigenvalue weighted by Gasteiger charge is -2.14. The van der Waals surface area contributed by atoms with Gasteiger partial charge in [0.15, 0.2) is 0 Å². The Balaban J connectivity index is 1.54. The van der Waals surface area contributed by atoms with E-state index >= 15 is 0 Å². The van der Waals surface area contributed by atoms with E-state index in [1.54, 1.807) is 0 Å². The van der Waals surface area contributed by atoms with E-state index in [1.165, 1.54) is 12.8 Å². The molecule has 1 aliphatic carbocycles. The lowest BCUT2D eigenvalue weighted by Crippen LogP contribution is -2.38. The van der Waals surface area contributed by atoms with Crippen LogP contribution in [0.5, 0.6) is 0 Å². The number of aryl methyl sites for hydroxylation is 1. The second-order valence-electron chi connectivity index (χ2n) is 5.14. The van der Waals surface area contributed by atoms with E-state index in [0.29, 0.717) is 0 Å². The molecule has 1 atom stereocenters. The molecule has 2 heterocycles. The summed E-state index contributed by atoms with van der Waals surface area (Å²) in [5.41, 5.74) is 0. The van der Waals surface area contributed by atoms with Crippen molar-refractivity contribution in [3.05, 3.63) is 11.6 Å². The van der Waals surface area contributed by atoms with Crippen LogP contribution in [0.15, 0.2) is 0 Å². The Bertz CT molecular complexity index is 439. The van der Waals surface area contributed by atoms with Crippen LogP contribution >= 0.6 is 0 Å². The molecule has 0 bridgehead atoms. The normalized spacial score (nSPS) is 24.4. The van der Waals surface area contributed by atoms with Crippen LogP contribution in [0.3, 0.4) is 0 Å². The van der Waals surface area contributed by atoms with Gasteiger partial charge in [-0.25, -0.2) is 4.98 Å². The van der Waals surface area contributed by atoms with Crippen LogP contribution in [0, 0.1) is 0 Å². The molecule has 0 radical (unpaired) electrons. The molecule has 1 amide bonds. The van der Waals surface area contributed by atoms with Crippen molar-refractivity contribution in [1.82, 2.24) is 25.4 Å². The van der Waals surface area contributed by atoms with Crippen molar-refractivity contribution in [2.75, 3.05) is 13.1 Å². The van der Waals surface area contributed by atoms with Gasteiger partial charge >= 0.3 is 0 Å². The molecule has 2 aliphatic rings. The molecule has 1 saturated heterocycles. The lowest BCUT2D eigenvalue weighted by atomic mass is 10.2. The first-order valence-electron chi connectivity index (χ1n) is 6.72. The predicted octanol–water partition coefficient (Wildman–Crippen LogP) is 0.334. The van der Waals surface area contributed by atoms with Gasteiger partial charge in [-0.15, -0.1) is 5.10 Å². The van der Waals surface area contributed by atoms with Crippen LogP contribution in [0.25, 0.3) is 0 Å². The highest BCUT2D eigenvalue weighted by atomic mass is 16.2. The molecular formula is C12H19N5O. The van der Waals surface area contributed by atoms with Gasteiger partial charge in [0.25, 0.3) is 5.91 Å². The summed E-state index contributed by atoms with van der Waals surface area (Å²) < 4.78 is 0. The molecule has 3 rings (SSSR count). The number of hydrogen-bond donors (Lipinski definition) is 2. The van der Waals surface area contributed by atoms with Crippen molar-refractivity contribution < 1.29 is 4.79 Å². The van der Waals surface area contributed by atoms with Crippen LogP contribution < -0.4 is 5.32 Å². The number of amides is 1. The first-order chi connectivity index (χ1) is 8.76. The molecule has 1 unspecified atom stereocenters. The summed E-state index contributed by atoms with van der Waals surface area (Å²) >= 11 is 0. The summed E-state index contributed by atoms with van der Waals surface area (Å²) in [4.78, 5) is 18.6. The van der Waals surface area contributed by atoms with E-state index < -0.39 is 0 Å². The lowest BCUT2D eigenvalue weighted by molar-refractivity contribution is 0.0927. The second kappa shape index (κ2) is 4.68. The quantitative estimate of drug-likeness (QED) is 0.806. The van der Waals surface area contributed by atoms with E-state index in [0.717, 1.165) is 37.8 Å². The number of aromatic amines is 1. The van der Waals surface area contributed by atoms with Gasteiger partial charge in [0.1, 0.15) is 5.82 Å². The number of likely N-dealkylation sites (tertiary alicyclic amines) is 1. The minimum absolute atomic E-state index is 0.159. The van der Waals surface area contributed by atoms with Gasteiger partial charge in [0.2, 0.25) is 5.82 Å². The Morgan fingerprint density at radius 3 is 3.00 bits per heavy atom. The molecule has 0 spiro atoms. The average molecular weight is 249 g/mol. The van der Waals surface area contributed by atoms with Crippen molar-refractivity contribution in [2.24, 2.45) is 0 Å². The number of nitrogens with one attached hydrogen (secondary N) is 2. The van der Waals surface area contributed by atoms with E-state index in [4.69, 9.17) is 0 Å². The smallest absolute Gasteiger partial charge is 0.291 e. The zero-order valence-electron chi connectivity index (χ0n) is 10.6. The molecule has 6 nitrogen and oxygen atoms in total. The van der Waals surface area contributed by atoms with Gasteiger partial charge < -0.3 is 5.32 Å². The molecule has 1 aromatic heterocycles. The summed E-state index contributed by atoms with van der Waals surface area (Å²) in [7, 11) is 0. The fraction of sp³-hybridized carbons (Fsp3) is 0.750. The Labute approximate surface area is 106 Å². The summed E-state index contributed by atoms with van der Waals surface area (Å²) in [5.74, 6) is 0.858. The SMILES string of the molecule is CCc1nc(C(=O)NC2CCN(C3CC3)C2)n[nH]1. The monoisotopic (exact) mass is 249 g/mol. The standard InChI is InChI=1S/C12H19N5O/c1-2-10-14-11(16-15-10)12(18)13-8-5-6-17(7-8)9-3-4-9/h8-9H,2-7H2,1H3,(H,13,18)(H,14,15,16). The van der Waals surface area contributed by atoms with Gasteiger partial charge in [-0.05, 0) is 19.3 Å². The van der Waals surface area contributed by atoms with Crippen molar-refractivity contribution in [3.8, 4) is 0 Å². The molecular weight excluding hydrogens is 230 g/mol. The van der Waals surface area contributed by atoms with Gasteiger partial charge in [0, 0.05) is 31.6 Å². The first-order valence-corrected chi connectivity index (χ1v) is 6.72. The van der Waals surface area contributed by atoms with E-state index in [2.05, 4.69) is 25.4 Å². The maximum Gasteiger partial charge on any atom is 0.291 e. The molecule has 2 N–H and O–H groups in total. The fourth-order valence-corrected chi connectivity index (χ4v) is 2.48. The van der Waals surface area contributed by atoms with Crippen molar-refractivity contribution in [2.45, 2.75) is 44.7 Å². The number of hydrogen-bond acceptors (Lipinski definition) is 4. The van der Waals surface area contributed by atoms with Gasteiger partial charge in [-0.1, -0.05) is 6.92 Å². The van der Waals surface area contributed by atoms with E-state index in [9.17, 15) is 4.79 Å². The van der Waals surface area contributed by atoms with Crippen molar-refractivity contribution in [3.63, 3.8) is 0 Å². The summed E-state index contributed by atoms with van der Waals surface area (Å²) in [6.07, 6.45) is 4.44. The van der Waals surface area contributed by atoms with Crippen molar-refractivity contribution in [1.29, 1.82) is 0 Å². The third kappa shape index (κ3) is 2.38. The van der Waals surface area contributed by atoms with Crippen LogP contribution in [0.4, 0.5) is 0 Å². The zero-order valence-corrected chi connectivity index (χ0v) is 10.6. The van der Waals surface area contributed by atoms with Crippen LogP contribution in [-0.2, 0) is 6.42 Å². The second-order valence-corrected chi connectivity index (χ2v) is 5.14. The molecule has 98 valence electrons. The average Bonchev–Trinajstić information content (AvgIpc) is 2.93. The zero-order chi connectivity index (χ0) is 12.5. The van der Waals surface area contributed by atoms with Crippen LogP contribution in [-0.4, -0.2) is 51.2 Å². The fourth-order valence-electron chi connectivity index (χ4n) is 2.48. The highest BCUT2D eigenvalue weighted by Crippen LogP contribution is 2.29. The third-order valence-corrected chi connectivity index (χ3v) is 3.69. The van der Waals surface area contributed by atoms with E-state index in [1.807, 2.05) is 6.92 Å². The minimum Gasteiger partial charge on any atom is -0.345 e. The number of aromatic nitrogens is 3. The maximum atomic E-state index is 11.9. The molecule has 1 aromatic rings. The van der Waals surface area contributed by atoms with Crippen LogP contribution in [0.1, 0.15) is 42.6 Å². The highest BCUT2D eigenvalue weighted by molar-refractivity contribution is 5.90. The molecule has 2 fully saturated rings. The Kier molecular flexibility index (Phi) is 3.03. The number of nitrogens with zero attached hydrogens (tertiary/aromatic N) is 3. The Hall–Kier alpha value is -1.43. The molecule has 18 heavy (non-hydrogen) atoms. The summed E-state index contributed by atoms with van der Waals surface area (Å²) in [5, 5.41) is 9.72. The van der Waals surface area contributed by atoms with Gasteiger partial charge in [0.05, 0.1) is 0 Å². The van der Waals surface area contributed by atoms with Gasteiger partial charge in [-0.3, -0.25) is 14.8 Å². The summed E-state index contributed by atoms with van der Waals surface area (Å²) in [6.45, 7) is 4.05. The maximum absolute atomic E-state index is 11.9. The topological polar surface area (TPSA) is 73.9 Å². The predicted molar refractivity (Wildman–Crippen MR) is 66.2 cm³/mol. The van der Waals surface area contributed by atoms with E-state index in [-0.39, 0.29) is 17.8 Å². The largest absolute Gasteiger partial charge is 0.345 e. The first kappa shape index (κ1) is 11.6. The summed E-state index contributed by atoms with van der Waals surface area (Å²) in [6, 6.07) is 1.03. The number of H-pyrrole nitrogens is 1. The van der Waals surface area contributed by atoms with Crippen LogP contribution in [0.2, 0.25) is 0 Å². The minimum atomic E-state index is -0.159. The number of carbonyl (C=O) groups excluding carboxylic acids is 1. The molecule has 0 aromatic carbocycles. The Morgan fingerprint density at radius 2 is 2.33 bits per heavy atom. The number of rotatable bonds is 4. The number of carbonyl (C=O) groups is 1. The van der Waals surface area contributed by atoms with Gasteiger partial charge in [-0.2, -0.15) is 0 Å². The third-order valence-electron chi connectivity index (χ3n) is 3.69. The molecule has 6 heteroatoms. The molecule has 1 saturated carbocycles. The van der Waals surface area contributed by atoms with Crippen molar-refractivity contribution >= 4 is 5.91 Å². The highest BCUT2D eigenvalue weighted by Gasteiger charge is 2.35. The Morgan fingerprint density at radius 1 is 1.50 bits per heavy atom. The molecule has 1 aliphatic heterocycles.